The van der Waals surface area contributed by atoms with Crippen LogP contribution in [-0.2, 0) is 9.59 Å². The maximum atomic E-state index is 13.4. The largest absolute Gasteiger partial charge is 0.355 e. The number of hydrogen-bond acceptors (Lipinski definition) is 3. The van der Waals surface area contributed by atoms with Crippen LogP contribution in [0.15, 0.2) is 30.3 Å². The normalized spacial score (nSPS) is 26.3. The van der Waals surface area contributed by atoms with E-state index < -0.39 is 5.41 Å². The fourth-order valence-corrected chi connectivity index (χ4v) is 6.12. The van der Waals surface area contributed by atoms with Gasteiger partial charge in [-0.15, -0.1) is 0 Å². The SMILES string of the molecule is CC(=O)N1C[C@H]2C3(CCN(C(=O)Nc4ccccc4)CC3)CC[C@@]2(C(=O)NCC(C)C)C1. The minimum Gasteiger partial charge on any atom is -0.355 e. The van der Waals surface area contributed by atoms with E-state index in [9.17, 15) is 14.4 Å². The average Bonchev–Trinajstić information content (AvgIpc) is 3.31. The minimum absolute atomic E-state index is 0.0168. The summed E-state index contributed by atoms with van der Waals surface area (Å²) in [4.78, 5) is 42.1. The topological polar surface area (TPSA) is 81.8 Å². The molecule has 3 fully saturated rings. The highest BCUT2D eigenvalue weighted by Gasteiger charge is 2.64. The van der Waals surface area contributed by atoms with Gasteiger partial charge in [-0.1, -0.05) is 32.0 Å². The van der Waals surface area contributed by atoms with E-state index in [1.165, 1.54) is 0 Å². The fourth-order valence-electron chi connectivity index (χ4n) is 6.12. The molecule has 1 spiro atoms. The zero-order chi connectivity index (χ0) is 22.9. The smallest absolute Gasteiger partial charge is 0.321 e. The monoisotopic (exact) mass is 440 g/mol. The van der Waals surface area contributed by atoms with Crippen LogP contribution < -0.4 is 10.6 Å². The van der Waals surface area contributed by atoms with Crippen molar-refractivity contribution in [3.63, 3.8) is 0 Å². The Labute approximate surface area is 190 Å². The first kappa shape index (κ1) is 22.6. The van der Waals surface area contributed by atoms with Gasteiger partial charge in [-0.2, -0.15) is 0 Å². The molecule has 7 nitrogen and oxygen atoms in total. The van der Waals surface area contributed by atoms with Crippen LogP contribution in [0.1, 0.15) is 46.5 Å². The highest BCUT2D eigenvalue weighted by atomic mass is 16.2. The van der Waals surface area contributed by atoms with Gasteiger partial charge in [0.2, 0.25) is 11.8 Å². The third-order valence-corrected chi connectivity index (χ3v) is 7.99. The van der Waals surface area contributed by atoms with E-state index in [0.717, 1.165) is 31.4 Å². The maximum absolute atomic E-state index is 13.4. The quantitative estimate of drug-likeness (QED) is 0.754. The first-order valence-electron chi connectivity index (χ1n) is 11.9. The number of para-hydroxylation sites is 1. The molecule has 2 saturated heterocycles. The number of likely N-dealkylation sites (tertiary alicyclic amines) is 2. The number of urea groups is 1. The van der Waals surface area contributed by atoms with Crippen LogP contribution in [-0.4, -0.2) is 60.4 Å². The van der Waals surface area contributed by atoms with Gasteiger partial charge in [0, 0.05) is 45.3 Å². The first-order chi connectivity index (χ1) is 15.3. The lowest BCUT2D eigenvalue weighted by atomic mass is 9.65. The number of piperidine rings is 1. The summed E-state index contributed by atoms with van der Waals surface area (Å²) >= 11 is 0. The average molecular weight is 441 g/mol. The number of nitrogens with one attached hydrogen (secondary N) is 2. The van der Waals surface area contributed by atoms with Crippen LogP contribution in [0.4, 0.5) is 10.5 Å². The number of amides is 4. The number of hydrogen-bond donors (Lipinski definition) is 2. The van der Waals surface area contributed by atoms with Crippen molar-refractivity contribution < 1.29 is 14.4 Å². The minimum atomic E-state index is -0.491. The van der Waals surface area contributed by atoms with Crippen molar-refractivity contribution in [3.8, 4) is 0 Å². The summed E-state index contributed by atoms with van der Waals surface area (Å²) in [7, 11) is 0. The molecule has 2 heterocycles. The number of fused-ring (bicyclic) bond motifs is 2. The van der Waals surface area contributed by atoms with E-state index in [-0.39, 0.29) is 29.2 Å². The molecule has 2 atom stereocenters. The maximum Gasteiger partial charge on any atom is 0.321 e. The van der Waals surface area contributed by atoms with Crippen molar-refractivity contribution in [1.29, 1.82) is 0 Å². The Balaban J connectivity index is 1.46. The number of carbonyl (C=O) groups excluding carboxylic acids is 3. The van der Waals surface area contributed by atoms with E-state index in [1.54, 1.807) is 6.92 Å². The van der Waals surface area contributed by atoms with Crippen molar-refractivity contribution in [2.45, 2.75) is 46.5 Å². The molecule has 1 aromatic carbocycles. The van der Waals surface area contributed by atoms with Crippen molar-refractivity contribution in [2.75, 3.05) is 38.0 Å². The molecule has 7 heteroatoms. The van der Waals surface area contributed by atoms with E-state index in [0.29, 0.717) is 38.6 Å². The highest BCUT2D eigenvalue weighted by Crippen LogP contribution is 2.62. The lowest BCUT2D eigenvalue weighted by Crippen LogP contribution is -2.50. The Morgan fingerprint density at radius 3 is 2.34 bits per heavy atom. The van der Waals surface area contributed by atoms with Crippen LogP contribution in [0.5, 0.6) is 0 Å². The second-order valence-corrected chi connectivity index (χ2v) is 10.4. The van der Waals surface area contributed by atoms with Crippen molar-refractivity contribution >= 4 is 23.5 Å². The predicted octanol–water partition coefficient (Wildman–Crippen LogP) is 3.33. The summed E-state index contributed by atoms with van der Waals surface area (Å²) in [5, 5.41) is 6.15. The van der Waals surface area contributed by atoms with Crippen LogP contribution in [0.25, 0.3) is 0 Å². The lowest BCUT2D eigenvalue weighted by Gasteiger charge is -2.44. The zero-order valence-electron chi connectivity index (χ0n) is 19.5. The van der Waals surface area contributed by atoms with Gasteiger partial charge in [-0.25, -0.2) is 4.79 Å². The van der Waals surface area contributed by atoms with Gasteiger partial charge in [0.15, 0.2) is 0 Å². The lowest BCUT2D eigenvalue weighted by molar-refractivity contribution is -0.133. The van der Waals surface area contributed by atoms with E-state index in [1.807, 2.05) is 40.1 Å². The van der Waals surface area contributed by atoms with Crippen LogP contribution in [0, 0.1) is 22.7 Å². The van der Waals surface area contributed by atoms with Crippen LogP contribution in [0.3, 0.4) is 0 Å². The summed E-state index contributed by atoms with van der Waals surface area (Å²) in [6, 6.07) is 9.45. The number of benzene rings is 1. The second kappa shape index (κ2) is 8.75. The zero-order valence-corrected chi connectivity index (χ0v) is 19.5. The standard InChI is InChI=1S/C25H36N4O3/c1-18(2)15-26-22(31)25-10-9-24(21(25)16-29(17-25)19(3)30)11-13-28(14-12-24)23(32)27-20-7-5-4-6-8-20/h4-8,18,21H,9-17H2,1-3H3,(H,26,31)(H,27,32)/t21-,25+/m0/s1. The van der Waals surface area contributed by atoms with Gasteiger partial charge in [-0.05, 0) is 55.1 Å². The van der Waals surface area contributed by atoms with E-state index >= 15 is 0 Å². The predicted molar refractivity (Wildman–Crippen MR) is 124 cm³/mol. The molecular weight excluding hydrogens is 404 g/mol. The molecule has 0 radical (unpaired) electrons. The Hall–Kier alpha value is -2.57. The molecule has 1 aromatic rings. The van der Waals surface area contributed by atoms with Crippen LogP contribution >= 0.6 is 0 Å². The number of anilines is 1. The third kappa shape index (κ3) is 4.09. The number of carbonyl (C=O) groups is 3. The van der Waals surface area contributed by atoms with E-state index in [2.05, 4.69) is 24.5 Å². The van der Waals surface area contributed by atoms with Gasteiger partial charge < -0.3 is 20.4 Å². The number of nitrogens with zero attached hydrogens (tertiary/aromatic N) is 2. The molecule has 1 aliphatic carbocycles. The molecule has 0 bridgehead atoms. The molecular formula is C25H36N4O3. The molecule has 2 aliphatic heterocycles. The highest BCUT2D eigenvalue weighted by molar-refractivity contribution is 5.89. The number of rotatable bonds is 4. The Bertz CT molecular complexity index is 863. The van der Waals surface area contributed by atoms with E-state index in [4.69, 9.17) is 0 Å². The molecule has 4 rings (SSSR count). The Kier molecular flexibility index (Phi) is 6.19. The summed E-state index contributed by atoms with van der Waals surface area (Å²) in [6.07, 6.45) is 3.57. The molecule has 3 aliphatic rings. The van der Waals surface area contributed by atoms with Gasteiger partial charge in [0.1, 0.15) is 0 Å². The summed E-state index contributed by atoms with van der Waals surface area (Å²) < 4.78 is 0. The van der Waals surface area contributed by atoms with Crippen molar-refractivity contribution in [1.82, 2.24) is 15.1 Å². The molecule has 1 saturated carbocycles. The summed E-state index contributed by atoms with van der Waals surface area (Å²) in [5.41, 5.74) is 0.324. The van der Waals surface area contributed by atoms with Crippen molar-refractivity contribution in [3.05, 3.63) is 30.3 Å². The van der Waals surface area contributed by atoms with Crippen molar-refractivity contribution in [2.24, 2.45) is 22.7 Å². The molecule has 4 amide bonds. The molecule has 174 valence electrons. The molecule has 2 N–H and O–H groups in total. The molecule has 0 aromatic heterocycles. The van der Waals surface area contributed by atoms with Crippen LogP contribution in [0.2, 0.25) is 0 Å². The molecule has 0 unspecified atom stereocenters. The molecule has 32 heavy (non-hydrogen) atoms. The first-order valence-corrected chi connectivity index (χ1v) is 11.9. The third-order valence-electron chi connectivity index (χ3n) is 7.99. The second-order valence-electron chi connectivity index (χ2n) is 10.4. The van der Waals surface area contributed by atoms with Gasteiger partial charge >= 0.3 is 6.03 Å². The van der Waals surface area contributed by atoms with Gasteiger partial charge in [-0.3, -0.25) is 9.59 Å². The fraction of sp³-hybridized carbons (Fsp3) is 0.640. The summed E-state index contributed by atoms with van der Waals surface area (Å²) in [6.45, 7) is 8.99. The van der Waals surface area contributed by atoms with Gasteiger partial charge in [0.25, 0.3) is 0 Å². The Morgan fingerprint density at radius 1 is 1.03 bits per heavy atom. The van der Waals surface area contributed by atoms with Gasteiger partial charge in [0.05, 0.1) is 5.41 Å². The Morgan fingerprint density at radius 2 is 1.72 bits per heavy atom. The summed E-state index contributed by atoms with van der Waals surface area (Å²) in [5.74, 6) is 0.706.